The van der Waals surface area contributed by atoms with Crippen LogP contribution >= 0.6 is 0 Å². The highest BCUT2D eigenvalue weighted by atomic mass is 28.3. The van der Waals surface area contributed by atoms with Gasteiger partial charge in [-0.3, -0.25) is 4.98 Å². The first-order valence-corrected chi connectivity index (χ1v) is 27.0. The number of nitrogens with one attached hydrogen (secondary N) is 1. The van der Waals surface area contributed by atoms with E-state index in [4.69, 9.17) is 29.3 Å². The van der Waals surface area contributed by atoms with E-state index in [0.717, 1.165) is 64.5 Å². The van der Waals surface area contributed by atoms with Gasteiger partial charge >= 0.3 is 6.09 Å². The number of fused-ring (bicyclic) bond motifs is 3. The van der Waals surface area contributed by atoms with Crippen LogP contribution in [0.3, 0.4) is 0 Å². The Bertz CT molecular complexity index is 1820. The molecule has 2 aliphatic heterocycles. The molecule has 0 spiro atoms. The Morgan fingerprint density at radius 3 is 2.06 bits per heavy atom. The summed E-state index contributed by atoms with van der Waals surface area (Å²) < 4.78 is 20.5. The van der Waals surface area contributed by atoms with Gasteiger partial charge in [-0.2, -0.15) is 9.61 Å². The number of nitrogens with zero attached hydrogens (tertiary/aromatic N) is 6. The minimum absolute atomic E-state index is 0.140. The van der Waals surface area contributed by atoms with Crippen LogP contribution in [0.4, 0.5) is 10.6 Å². The van der Waals surface area contributed by atoms with E-state index in [-0.39, 0.29) is 24.1 Å². The molecule has 0 saturated carbocycles. The van der Waals surface area contributed by atoms with Crippen LogP contribution in [0.15, 0.2) is 60.9 Å². The third kappa shape index (κ3) is 10.8. The average molecular weight is 772 g/mol. The lowest BCUT2D eigenvalue weighted by Gasteiger charge is -2.45. The highest BCUT2D eigenvalue weighted by Gasteiger charge is 2.39. The van der Waals surface area contributed by atoms with E-state index >= 15 is 0 Å². The number of anilines is 1. The number of ether oxygens (including phenoxy) is 3. The Kier molecular flexibility index (Phi) is 12.3. The molecule has 2 bridgehead atoms. The first-order chi connectivity index (χ1) is 25.5. The summed E-state index contributed by atoms with van der Waals surface area (Å²) in [5.41, 5.74) is 5.15. The topological polar surface area (TPSA) is 106 Å². The number of likely N-dealkylation sites (tertiary alicyclic amines) is 1. The second-order valence-corrected chi connectivity index (χ2v) is 29.7. The summed E-state index contributed by atoms with van der Waals surface area (Å²) >= 11 is 0. The summed E-state index contributed by atoms with van der Waals surface area (Å²) in [7, 11) is -2.55. The minimum atomic E-state index is -1.27. The number of benzene rings is 1. The average Bonchev–Trinajstić information content (AvgIpc) is 3.53. The van der Waals surface area contributed by atoms with Gasteiger partial charge in [0, 0.05) is 95.1 Å². The summed E-state index contributed by atoms with van der Waals surface area (Å²) in [6, 6.07) is 19.0. The molecule has 4 aromatic rings. The molecule has 1 aromatic carbocycles. The van der Waals surface area contributed by atoms with Crippen molar-refractivity contribution in [3.05, 3.63) is 66.6 Å². The lowest BCUT2D eigenvalue weighted by atomic mass is 9.83. The number of hydrogen-bond acceptors (Lipinski definition) is 9. The number of pyridine rings is 1. The van der Waals surface area contributed by atoms with Gasteiger partial charge in [-0.05, 0) is 51.8 Å². The van der Waals surface area contributed by atoms with Gasteiger partial charge in [-0.1, -0.05) is 75.7 Å². The monoisotopic (exact) mass is 771 g/mol. The number of rotatable bonds is 14. The molecule has 1 N–H and O–H groups in total. The molecule has 54 heavy (non-hydrogen) atoms. The van der Waals surface area contributed by atoms with Gasteiger partial charge in [0.25, 0.3) is 0 Å². The number of aromatic nitrogens is 4. The molecule has 2 unspecified atom stereocenters. The van der Waals surface area contributed by atoms with Crippen LogP contribution in [0.2, 0.25) is 51.4 Å². The molecule has 6 rings (SSSR count). The molecular weight excluding hydrogens is 711 g/mol. The Morgan fingerprint density at radius 2 is 1.50 bits per heavy atom. The van der Waals surface area contributed by atoms with Gasteiger partial charge in [0.15, 0.2) is 5.65 Å². The molecule has 13 heteroatoms. The molecule has 2 atom stereocenters. The van der Waals surface area contributed by atoms with E-state index < -0.39 is 21.7 Å². The third-order valence-electron chi connectivity index (χ3n) is 9.99. The van der Waals surface area contributed by atoms with Crippen molar-refractivity contribution in [1.82, 2.24) is 29.8 Å². The van der Waals surface area contributed by atoms with E-state index in [1.165, 1.54) is 0 Å². The van der Waals surface area contributed by atoms with Crippen LogP contribution in [0.25, 0.3) is 28.0 Å². The molecule has 2 aliphatic rings. The quantitative estimate of drug-likeness (QED) is 0.0770. The molecule has 292 valence electrons. The van der Waals surface area contributed by atoms with Crippen molar-refractivity contribution in [2.75, 3.05) is 44.7 Å². The Hall–Kier alpha value is -3.63. The number of amides is 1. The fourth-order valence-electron chi connectivity index (χ4n) is 7.04. The maximum Gasteiger partial charge on any atom is 0.410 e. The molecule has 5 heterocycles. The summed E-state index contributed by atoms with van der Waals surface area (Å²) in [4.78, 5) is 27.3. The van der Waals surface area contributed by atoms with Crippen molar-refractivity contribution in [3.8, 4) is 22.4 Å². The SMILES string of the molecule is CC(C)(C)OC(=O)N1CC2CC(c3cc(N(COCC[Si](C)(C)C)COCC[Si](C)(C)C)n4ncc(-c5ccc(-c6ccccc6)nc5)c4n3)CC(C1)N2. The van der Waals surface area contributed by atoms with Gasteiger partial charge in [0.1, 0.15) is 24.9 Å². The van der Waals surface area contributed by atoms with Crippen LogP contribution in [0, 0.1) is 0 Å². The van der Waals surface area contributed by atoms with Gasteiger partial charge < -0.3 is 29.3 Å². The van der Waals surface area contributed by atoms with Crippen molar-refractivity contribution < 1.29 is 19.0 Å². The first kappa shape index (κ1) is 40.0. The molecule has 11 nitrogen and oxygen atoms in total. The van der Waals surface area contributed by atoms with Gasteiger partial charge in [0.2, 0.25) is 0 Å². The normalized spacial score (nSPS) is 19.3. The van der Waals surface area contributed by atoms with E-state index in [1.807, 2.05) is 60.8 Å². The predicted octanol–water partition coefficient (Wildman–Crippen LogP) is 8.34. The van der Waals surface area contributed by atoms with E-state index in [1.54, 1.807) is 0 Å². The van der Waals surface area contributed by atoms with E-state index in [9.17, 15) is 4.79 Å². The van der Waals surface area contributed by atoms with Crippen molar-refractivity contribution in [3.63, 3.8) is 0 Å². The number of carbonyl (C=O) groups is 1. The lowest BCUT2D eigenvalue weighted by molar-refractivity contribution is 0.0102. The minimum Gasteiger partial charge on any atom is -0.444 e. The van der Waals surface area contributed by atoms with Crippen molar-refractivity contribution in [2.24, 2.45) is 0 Å². The Balaban J connectivity index is 1.34. The lowest BCUT2D eigenvalue weighted by Crippen LogP contribution is -2.61. The number of carbonyl (C=O) groups excluding carboxylic acids is 1. The zero-order valence-corrected chi connectivity index (χ0v) is 35.9. The van der Waals surface area contributed by atoms with Crippen LogP contribution in [0.5, 0.6) is 0 Å². The van der Waals surface area contributed by atoms with Crippen LogP contribution in [-0.4, -0.2) is 104 Å². The number of piperazine rings is 1. The largest absolute Gasteiger partial charge is 0.444 e. The Labute approximate surface area is 323 Å². The molecular formula is C41H61N7O4Si2. The summed E-state index contributed by atoms with van der Waals surface area (Å²) in [6.45, 7) is 23.4. The smallest absolute Gasteiger partial charge is 0.410 e. The molecule has 0 aliphatic carbocycles. The summed E-state index contributed by atoms with van der Waals surface area (Å²) in [6.07, 6.45) is 5.29. The number of hydrogen-bond donors (Lipinski definition) is 1. The van der Waals surface area contributed by atoms with Gasteiger partial charge in [-0.15, -0.1) is 0 Å². The van der Waals surface area contributed by atoms with Gasteiger partial charge in [0.05, 0.1) is 11.9 Å². The second kappa shape index (κ2) is 16.6. The van der Waals surface area contributed by atoms with Crippen molar-refractivity contribution in [2.45, 2.75) is 109 Å². The molecule has 1 amide bonds. The van der Waals surface area contributed by atoms with Crippen molar-refractivity contribution in [1.29, 1.82) is 0 Å². The predicted molar refractivity (Wildman–Crippen MR) is 223 cm³/mol. The van der Waals surface area contributed by atoms with Crippen LogP contribution in [-0.2, 0) is 14.2 Å². The zero-order chi connectivity index (χ0) is 38.7. The molecule has 0 radical (unpaired) electrons. The molecule has 3 aromatic heterocycles. The fourth-order valence-corrected chi connectivity index (χ4v) is 8.56. The van der Waals surface area contributed by atoms with E-state index in [0.29, 0.717) is 39.8 Å². The summed E-state index contributed by atoms with van der Waals surface area (Å²) in [5, 5.41) is 8.72. The fraction of sp³-hybridized carbons (Fsp3) is 0.561. The number of piperidine rings is 1. The second-order valence-electron chi connectivity index (χ2n) is 18.5. The molecule has 2 fully saturated rings. The van der Waals surface area contributed by atoms with Gasteiger partial charge in [-0.25, -0.2) is 9.78 Å². The van der Waals surface area contributed by atoms with E-state index in [2.05, 4.69) is 79.8 Å². The maximum absolute atomic E-state index is 13.1. The zero-order valence-electron chi connectivity index (χ0n) is 33.9. The maximum atomic E-state index is 13.1. The highest BCUT2D eigenvalue weighted by molar-refractivity contribution is 6.76. The van der Waals surface area contributed by atoms with Crippen LogP contribution in [0.1, 0.15) is 45.2 Å². The standard InChI is InChI=1S/C41H61N7O4Si2/c1-41(2,3)52-40(49)46-26-33-21-32(22-34(27-46)44-33)37-23-38(47(28-50-17-19-53(4,5)6)29-51-18-20-54(7,8)9)48-39(45-37)35(25-43-48)31-15-16-36(42-24-31)30-13-11-10-12-14-30/h10-16,23-25,32-34,44H,17-22,26-29H2,1-9H3. The first-order valence-electron chi connectivity index (χ1n) is 19.6. The van der Waals surface area contributed by atoms with Crippen molar-refractivity contribution >= 4 is 33.7 Å². The molecule has 2 saturated heterocycles. The Morgan fingerprint density at radius 1 is 0.870 bits per heavy atom. The third-order valence-corrected chi connectivity index (χ3v) is 13.4. The highest BCUT2D eigenvalue weighted by Crippen LogP contribution is 2.36. The van der Waals surface area contributed by atoms with Crippen LogP contribution < -0.4 is 10.2 Å². The summed E-state index contributed by atoms with van der Waals surface area (Å²) in [5.74, 6) is 1.09.